The van der Waals surface area contributed by atoms with Gasteiger partial charge in [-0.05, 0) is 288 Å². The van der Waals surface area contributed by atoms with Crippen molar-refractivity contribution in [3.63, 3.8) is 0 Å². The van der Waals surface area contributed by atoms with Crippen LogP contribution in [0.15, 0.2) is 195 Å². The monoisotopic (exact) mass is 1330 g/mol. The normalized spacial score (nSPS) is 11.7. The second-order valence-corrected chi connectivity index (χ2v) is 27.6. The van der Waals surface area contributed by atoms with Crippen molar-refractivity contribution in [3.8, 4) is 67.5 Å². The Morgan fingerprint density at radius 2 is 0.510 bits per heavy atom. The zero-order valence-corrected chi connectivity index (χ0v) is 65.2. The van der Waals surface area contributed by atoms with Crippen LogP contribution in [0.2, 0.25) is 0 Å². The minimum atomic E-state index is -2.08. The molecule has 6 heterocycles. The molecule has 6 aromatic carbocycles. The second-order valence-electron chi connectivity index (χ2n) is 27.6. The molecule has 0 amide bonds. The Morgan fingerprint density at radius 1 is 0.210 bits per heavy atom. The number of benzene rings is 6. The van der Waals surface area contributed by atoms with Crippen LogP contribution in [0.25, 0.3) is 67.5 Å². The van der Waals surface area contributed by atoms with Gasteiger partial charge in [0.2, 0.25) is 34.2 Å². The van der Waals surface area contributed by atoms with Gasteiger partial charge in [-0.3, -0.25) is 0 Å². The largest absolute Gasteiger partial charge is 0.213 e. The van der Waals surface area contributed by atoms with E-state index in [1.807, 2.05) is 93.5 Å². The highest BCUT2D eigenvalue weighted by atomic mass is 15.0. The van der Waals surface area contributed by atoms with Crippen LogP contribution in [0.1, 0.15) is 131 Å². The van der Waals surface area contributed by atoms with Crippen molar-refractivity contribution >= 4 is 0 Å². The van der Waals surface area contributed by atoms with Crippen LogP contribution in [-0.2, 0) is 42.3 Å². The van der Waals surface area contributed by atoms with Crippen molar-refractivity contribution in [2.24, 2.45) is 42.3 Å². The second kappa shape index (κ2) is 34.3. The van der Waals surface area contributed by atoms with Gasteiger partial charge in [-0.2, -0.15) is 9.13 Å². The van der Waals surface area contributed by atoms with Gasteiger partial charge in [0, 0.05) is 127 Å². The summed E-state index contributed by atoms with van der Waals surface area (Å²) < 4.78 is 58.7. The highest BCUT2D eigenvalue weighted by Gasteiger charge is 2.22. The van der Waals surface area contributed by atoms with E-state index >= 15 is 0 Å². The molecule has 0 aliphatic heterocycles. The molecule has 0 bridgehead atoms. The maximum atomic E-state index is 7.72. The average molecular weight is 1340 g/mol. The minimum absolute atomic E-state index is 0.437. The molecule has 100 heavy (non-hydrogen) atoms. The lowest BCUT2D eigenvalue weighted by molar-refractivity contribution is -0.667. The summed E-state index contributed by atoms with van der Waals surface area (Å²) in [6, 6.07) is 59.0. The zero-order chi connectivity index (χ0) is 78.7. The SMILES string of the molecule is Cc1cc(C)c(C)c(-c2cccc[n+]2C)c1.Cc1cc(C)c(C)c(-c2cccc[n+]2C)c1.Cc1ccc(-c2cccc[n+]2C)c(C)c1C.Cc1cccc(-c2cc(C)c(C)c(C)[n+]2C)c1C.[2H]C([2H])([2H])c1c(C)cc(-c2cccc(C)c2C)[n+](C)c1C.[2H]C([2H])([2H])c1ccc(-c2cccc[n+]2C)c(C)c1C. The molecule has 0 fully saturated rings. The number of hydrogen-bond donors (Lipinski definition) is 0. The van der Waals surface area contributed by atoms with E-state index < -0.39 is 13.7 Å². The molecule has 6 nitrogen and oxygen atoms in total. The highest BCUT2D eigenvalue weighted by Crippen LogP contribution is 2.31. The molecule has 6 aromatic heterocycles. The quantitative estimate of drug-likeness (QED) is 0.148. The van der Waals surface area contributed by atoms with Crippen molar-refractivity contribution in [1.29, 1.82) is 0 Å². The van der Waals surface area contributed by atoms with E-state index in [0.717, 1.165) is 44.9 Å². The Hall–Kier alpha value is -9.78. The summed E-state index contributed by atoms with van der Waals surface area (Å²) in [4.78, 5) is 0. The van der Waals surface area contributed by atoms with Gasteiger partial charge in [-0.1, -0.05) is 59.7 Å². The van der Waals surface area contributed by atoms with Gasteiger partial charge in [0.05, 0.1) is 0 Å². The lowest BCUT2D eigenvalue weighted by Gasteiger charge is -2.11. The fourth-order valence-electron chi connectivity index (χ4n) is 12.9. The van der Waals surface area contributed by atoms with Gasteiger partial charge in [-0.25, -0.2) is 18.3 Å². The number of hydrogen-bond acceptors (Lipinski definition) is 0. The summed E-state index contributed by atoms with van der Waals surface area (Å²) in [5.74, 6) is 0. The molecular weight excluding hydrogens is 1210 g/mol. The molecule has 0 atom stereocenters. The van der Waals surface area contributed by atoms with Gasteiger partial charge >= 0.3 is 0 Å². The zero-order valence-electron chi connectivity index (χ0n) is 71.2. The molecule has 0 aliphatic carbocycles. The van der Waals surface area contributed by atoms with Gasteiger partial charge in [-0.15, -0.1) is 0 Å². The Bertz CT molecular complexity index is 5070. The highest BCUT2D eigenvalue weighted by molar-refractivity contribution is 5.68. The molecule has 0 aliphatic rings. The van der Waals surface area contributed by atoms with Crippen LogP contribution in [0, 0.1) is 152 Å². The van der Waals surface area contributed by atoms with Crippen molar-refractivity contribution in [1.82, 2.24) is 0 Å². The molecule has 0 saturated heterocycles. The summed E-state index contributed by atoms with van der Waals surface area (Å²) in [6.45, 7) is 38.2. The Kier molecular flexibility index (Phi) is 23.6. The summed E-state index contributed by atoms with van der Waals surface area (Å²) in [7, 11) is 12.3. The predicted octanol–water partition coefficient (Wildman–Crippen LogP) is 19.9. The van der Waals surface area contributed by atoms with E-state index in [9.17, 15) is 0 Å². The van der Waals surface area contributed by atoms with Crippen LogP contribution in [0.3, 0.4) is 0 Å². The standard InChI is InChI=1S/2C17H22N.4C15H18N/c2*1-11-8-7-9-16(14(11)4)17-10-12(2)13(3)15(5)18(17)6;2*1-11-8-9-14(13(3)12(11)2)15-7-5-6-10-16(15)4;2*1-11-9-12(2)13(3)14(10-11)15-7-5-6-8-16(15)4/h2*7-10H,1-6H3;4*5-10H,1-4H3/q6*+1/i3D3;;1D3;;;. The summed E-state index contributed by atoms with van der Waals surface area (Å²) in [5, 5.41) is 0. The lowest BCUT2D eigenvalue weighted by atomic mass is 9.96. The van der Waals surface area contributed by atoms with Crippen LogP contribution >= 0.6 is 0 Å². The lowest BCUT2D eigenvalue weighted by Crippen LogP contribution is -2.36. The third-order valence-electron chi connectivity index (χ3n) is 20.9. The summed E-state index contributed by atoms with van der Waals surface area (Å²) in [5.41, 5.74) is 40.7. The van der Waals surface area contributed by atoms with Crippen molar-refractivity contribution in [2.45, 2.75) is 152 Å². The number of rotatable bonds is 6. The number of aryl methyl sites for hydroxylation is 14. The fraction of sp³-hybridized carbons (Fsp3) is 0.298. The molecule has 6 heteroatoms. The van der Waals surface area contributed by atoms with Gasteiger partial charge in [0.15, 0.2) is 36.2 Å². The predicted molar refractivity (Wildman–Crippen MR) is 423 cm³/mol. The van der Waals surface area contributed by atoms with Crippen LogP contribution < -0.4 is 27.4 Å². The molecule has 0 N–H and O–H groups in total. The third kappa shape index (κ3) is 18.2. The van der Waals surface area contributed by atoms with Crippen LogP contribution in [0.4, 0.5) is 0 Å². The Labute approximate surface area is 611 Å². The minimum Gasteiger partial charge on any atom is -0.201 e. The first-order valence-electron chi connectivity index (χ1n) is 37.9. The van der Waals surface area contributed by atoms with Crippen LogP contribution in [0.5, 0.6) is 0 Å². The van der Waals surface area contributed by atoms with Gasteiger partial charge < -0.3 is 0 Å². The smallest absolute Gasteiger partial charge is 0.201 e. The van der Waals surface area contributed by atoms with Gasteiger partial charge in [0.25, 0.3) is 0 Å². The first-order valence-corrected chi connectivity index (χ1v) is 34.9. The molecule has 12 aromatic rings. The first kappa shape index (κ1) is 68.7. The van der Waals surface area contributed by atoms with Crippen LogP contribution in [-0.4, -0.2) is 0 Å². The van der Waals surface area contributed by atoms with Crippen molar-refractivity contribution < 1.29 is 35.6 Å². The van der Waals surface area contributed by atoms with Crippen molar-refractivity contribution in [3.05, 3.63) is 317 Å². The average Bonchev–Trinajstić information content (AvgIpc) is 0.766. The molecule has 0 radical (unpaired) electrons. The topological polar surface area (TPSA) is 23.3 Å². The Balaban J connectivity index is 0.000000178. The molecule has 0 spiro atoms. The van der Waals surface area contributed by atoms with E-state index in [2.05, 4.69) is 303 Å². The molecular formula is C94H116N6+6. The molecule has 12 rings (SSSR count). The summed E-state index contributed by atoms with van der Waals surface area (Å²) in [6.07, 6.45) is 8.25. The third-order valence-corrected chi connectivity index (χ3v) is 20.9. The van der Waals surface area contributed by atoms with E-state index in [0.29, 0.717) is 11.1 Å². The van der Waals surface area contributed by atoms with E-state index in [1.165, 1.54) is 134 Å². The van der Waals surface area contributed by atoms with Gasteiger partial charge in [0.1, 0.15) is 42.3 Å². The van der Waals surface area contributed by atoms with E-state index in [4.69, 9.17) is 8.22 Å². The maximum absolute atomic E-state index is 7.72. The maximum Gasteiger partial charge on any atom is 0.213 e. The molecule has 0 saturated carbocycles. The first-order chi connectivity index (χ1) is 49.7. The summed E-state index contributed by atoms with van der Waals surface area (Å²) >= 11 is 0. The van der Waals surface area contributed by atoms with E-state index in [1.54, 1.807) is 6.07 Å². The van der Waals surface area contributed by atoms with Crippen molar-refractivity contribution in [2.75, 3.05) is 0 Å². The fourth-order valence-corrected chi connectivity index (χ4v) is 12.9. The van der Waals surface area contributed by atoms with E-state index in [-0.39, 0.29) is 0 Å². The number of aromatic nitrogens is 6. The number of nitrogens with zero attached hydrogens (tertiary/aromatic N) is 6. The molecule has 0 unspecified atom stereocenters. The Morgan fingerprint density at radius 3 is 0.870 bits per heavy atom. The molecule has 516 valence electrons. The number of pyridine rings is 6.